The minimum Gasteiger partial charge on any atom is -0.368 e. The van der Waals surface area contributed by atoms with Crippen molar-refractivity contribution < 1.29 is 13.2 Å². The molecule has 4 rings (SSSR count). The lowest BCUT2D eigenvalue weighted by atomic mass is 10.1. The van der Waals surface area contributed by atoms with Crippen LogP contribution in [0.4, 0.5) is 18.9 Å². The molecular formula is C16H17F3N6O. The molecule has 0 radical (unpaired) electrons. The van der Waals surface area contributed by atoms with Crippen molar-refractivity contribution >= 4 is 16.6 Å². The monoisotopic (exact) mass is 366 g/mol. The highest BCUT2D eigenvalue weighted by Crippen LogP contribution is 2.43. The zero-order chi connectivity index (χ0) is 18.5. The van der Waals surface area contributed by atoms with Gasteiger partial charge in [-0.25, -0.2) is 0 Å². The lowest BCUT2D eigenvalue weighted by Crippen LogP contribution is -2.31. The predicted octanol–water partition coefficient (Wildman–Crippen LogP) is 2.66. The highest BCUT2D eigenvalue weighted by molar-refractivity contribution is 5.95. The molecule has 26 heavy (non-hydrogen) atoms. The van der Waals surface area contributed by atoms with E-state index in [0.717, 1.165) is 23.9 Å². The lowest BCUT2D eigenvalue weighted by molar-refractivity contribution is -0.143. The maximum atomic E-state index is 13.7. The minimum absolute atomic E-state index is 0.0580. The summed E-state index contributed by atoms with van der Waals surface area (Å²) in [5.74, 6) is 0. The largest absolute Gasteiger partial charge is 0.435 e. The third-order valence-corrected chi connectivity index (χ3v) is 4.72. The second kappa shape index (κ2) is 5.89. The van der Waals surface area contributed by atoms with Crippen LogP contribution in [-0.4, -0.2) is 38.1 Å². The summed E-state index contributed by atoms with van der Waals surface area (Å²) in [6, 6.07) is 0. The predicted molar refractivity (Wildman–Crippen MR) is 90.0 cm³/mol. The first kappa shape index (κ1) is 16.7. The zero-order valence-electron chi connectivity index (χ0n) is 14.0. The number of nitrogens with one attached hydrogen (secondary N) is 2. The van der Waals surface area contributed by atoms with E-state index < -0.39 is 11.9 Å². The molecule has 0 bridgehead atoms. The summed E-state index contributed by atoms with van der Waals surface area (Å²) in [6.07, 6.45) is 0.858. The van der Waals surface area contributed by atoms with Gasteiger partial charge in [-0.1, -0.05) is 0 Å². The normalized spacial score (nSPS) is 15.8. The molecule has 0 amide bonds. The second-order valence-electron chi connectivity index (χ2n) is 6.41. The van der Waals surface area contributed by atoms with Crippen molar-refractivity contribution in [2.24, 2.45) is 7.05 Å². The summed E-state index contributed by atoms with van der Waals surface area (Å²) >= 11 is 0. The summed E-state index contributed by atoms with van der Waals surface area (Å²) in [6.45, 7) is 1.08. The van der Waals surface area contributed by atoms with Crippen LogP contribution < -0.4 is 10.5 Å². The number of hydrogen-bond donors (Lipinski definition) is 2. The number of hydrogen-bond acceptors (Lipinski definition) is 4. The van der Waals surface area contributed by atoms with Gasteiger partial charge >= 0.3 is 6.18 Å². The number of H-pyrrole nitrogens is 2. The van der Waals surface area contributed by atoms with Gasteiger partial charge in [0, 0.05) is 31.9 Å². The first-order valence-corrected chi connectivity index (χ1v) is 8.32. The van der Waals surface area contributed by atoms with Crippen molar-refractivity contribution in [3.63, 3.8) is 0 Å². The van der Waals surface area contributed by atoms with E-state index in [1.54, 1.807) is 4.90 Å². The van der Waals surface area contributed by atoms with Crippen LogP contribution in [0.5, 0.6) is 0 Å². The Kier molecular flexibility index (Phi) is 3.78. The molecule has 0 saturated carbocycles. The van der Waals surface area contributed by atoms with Crippen molar-refractivity contribution in [2.45, 2.75) is 25.4 Å². The molecule has 0 unspecified atom stereocenters. The van der Waals surface area contributed by atoms with E-state index in [2.05, 4.69) is 20.3 Å². The molecule has 1 saturated heterocycles. The molecule has 0 aliphatic carbocycles. The molecule has 3 aromatic rings. The molecule has 3 aromatic heterocycles. The number of alkyl halides is 3. The van der Waals surface area contributed by atoms with Crippen molar-refractivity contribution in [2.75, 3.05) is 18.0 Å². The van der Waals surface area contributed by atoms with E-state index in [0.29, 0.717) is 24.2 Å². The number of halogens is 3. The fourth-order valence-electron chi connectivity index (χ4n) is 3.57. The van der Waals surface area contributed by atoms with Crippen molar-refractivity contribution in [1.29, 1.82) is 0 Å². The van der Waals surface area contributed by atoms with Crippen LogP contribution in [0.25, 0.3) is 22.2 Å². The van der Waals surface area contributed by atoms with Gasteiger partial charge in [-0.3, -0.25) is 14.6 Å². The molecule has 4 heterocycles. The van der Waals surface area contributed by atoms with Crippen LogP contribution in [0.3, 0.4) is 0 Å². The molecule has 0 aromatic carbocycles. The van der Waals surface area contributed by atoms with Crippen LogP contribution in [0, 0.1) is 0 Å². The maximum Gasteiger partial charge on any atom is 0.435 e. The highest BCUT2D eigenvalue weighted by Gasteiger charge is 2.41. The Morgan fingerprint density at radius 2 is 1.92 bits per heavy atom. The Balaban J connectivity index is 2.00. The highest BCUT2D eigenvalue weighted by atomic mass is 19.4. The van der Waals surface area contributed by atoms with Crippen LogP contribution >= 0.6 is 0 Å². The molecule has 1 aliphatic rings. The summed E-state index contributed by atoms with van der Waals surface area (Å²) in [7, 11) is 1.29. The topological polar surface area (TPSA) is 82.6 Å². The van der Waals surface area contributed by atoms with Crippen LogP contribution in [0.15, 0.2) is 17.2 Å². The van der Waals surface area contributed by atoms with Gasteiger partial charge in [-0.15, -0.1) is 0 Å². The Morgan fingerprint density at radius 1 is 1.19 bits per heavy atom. The summed E-state index contributed by atoms with van der Waals surface area (Å²) in [4.78, 5) is 16.2. The number of aryl methyl sites for hydroxylation is 1. The van der Waals surface area contributed by atoms with E-state index >= 15 is 0 Å². The summed E-state index contributed by atoms with van der Waals surface area (Å²) in [5.41, 5.74) is -0.130. The van der Waals surface area contributed by atoms with E-state index in [4.69, 9.17) is 0 Å². The Hall–Kier alpha value is -2.78. The van der Waals surface area contributed by atoms with Gasteiger partial charge in [-0.05, 0) is 19.3 Å². The van der Waals surface area contributed by atoms with Gasteiger partial charge in [0.15, 0.2) is 5.69 Å². The summed E-state index contributed by atoms with van der Waals surface area (Å²) in [5, 5.41) is 11.0. The van der Waals surface area contributed by atoms with Gasteiger partial charge in [0.05, 0.1) is 22.8 Å². The molecule has 0 spiro atoms. The fraction of sp³-hybridized carbons (Fsp3) is 0.438. The molecule has 7 nitrogen and oxygen atoms in total. The molecule has 2 N–H and O–H groups in total. The van der Waals surface area contributed by atoms with E-state index in [-0.39, 0.29) is 22.3 Å². The average Bonchev–Trinajstić information content (AvgIpc) is 3.21. The molecule has 1 aliphatic heterocycles. The lowest BCUT2D eigenvalue weighted by Gasteiger charge is -2.30. The third-order valence-electron chi connectivity index (χ3n) is 4.72. The third kappa shape index (κ3) is 2.56. The van der Waals surface area contributed by atoms with Crippen LogP contribution in [0.1, 0.15) is 25.0 Å². The Labute approximate surface area is 145 Å². The number of aromatic amines is 2. The van der Waals surface area contributed by atoms with Crippen LogP contribution in [-0.2, 0) is 13.2 Å². The zero-order valence-corrected chi connectivity index (χ0v) is 14.0. The Morgan fingerprint density at radius 3 is 2.62 bits per heavy atom. The van der Waals surface area contributed by atoms with Gasteiger partial charge in [0.1, 0.15) is 5.69 Å². The molecule has 138 valence electrons. The van der Waals surface area contributed by atoms with Crippen molar-refractivity contribution in [1.82, 2.24) is 25.0 Å². The first-order valence-electron chi connectivity index (χ1n) is 8.32. The quantitative estimate of drug-likeness (QED) is 0.731. The number of rotatable bonds is 2. The standard InChI is InChI=1S/C16H17F3N6O/c1-24-14(16(17,18)19)13(25-5-3-2-4-6-25)12(23-24)9-7-20-15(26)10-8-21-22-11(9)10/h7-8H,2-6H2,1H3,(H,20,26)(H,21,22). The SMILES string of the molecule is Cn1nc(-c2c[nH]c(=O)c3cn[nH]c23)c(N2CCCCC2)c1C(F)(F)F. The number of fused-ring (bicyclic) bond motifs is 1. The van der Waals surface area contributed by atoms with Gasteiger partial charge in [0.2, 0.25) is 0 Å². The maximum absolute atomic E-state index is 13.7. The van der Waals surface area contributed by atoms with Gasteiger partial charge in [-0.2, -0.15) is 23.4 Å². The Bertz CT molecular complexity index is 1010. The molecular weight excluding hydrogens is 349 g/mol. The number of aromatic nitrogens is 5. The van der Waals surface area contributed by atoms with Crippen molar-refractivity contribution in [3.05, 3.63) is 28.4 Å². The smallest absolute Gasteiger partial charge is 0.368 e. The number of piperidine rings is 1. The van der Waals surface area contributed by atoms with Gasteiger partial charge < -0.3 is 9.88 Å². The average molecular weight is 366 g/mol. The van der Waals surface area contributed by atoms with Crippen molar-refractivity contribution in [3.8, 4) is 11.3 Å². The number of pyridine rings is 1. The first-order chi connectivity index (χ1) is 12.4. The molecule has 10 heteroatoms. The molecule has 1 fully saturated rings. The summed E-state index contributed by atoms with van der Waals surface area (Å²) < 4.78 is 42.1. The number of anilines is 1. The number of nitrogens with zero attached hydrogens (tertiary/aromatic N) is 4. The second-order valence-corrected chi connectivity index (χ2v) is 6.41. The van der Waals surface area contributed by atoms with Crippen LogP contribution in [0.2, 0.25) is 0 Å². The van der Waals surface area contributed by atoms with E-state index in [1.807, 2.05) is 0 Å². The van der Waals surface area contributed by atoms with E-state index in [9.17, 15) is 18.0 Å². The fourth-order valence-corrected chi connectivity index (χ4v) is 3.57. The minimum atomic E-state index is -4.54. The molecule has 0 atom stereocenters. The van der Waals surface area contributed by atoms with E-state index in [1.165, 1.54) is 19.4 Å². The van der Waals surface area contributed by atoms with Gasteiger partial charge in [0.25, 0.3) is 5.56 Å².